The van der Waals surface area contributed by atoms with E-state index in [9.17, 15) is 14.4 Å². The molecule has 3 amide bonds. The van der Waals surface area contributed by atoms with Gasteiger partial charge in [0, 0.05) is 42.2 Å². The lowest BCUT2D eigenvalue weighted by Gasteiger charge is -2.31. The lowest BCUT2D eigenvalue weighted by atomic mass is 9.95. The van der Waals surface area contributed by atoms with Gasteiger partial charge in [0.15, 0.2) is 0 Å². The molecule has 1 aliphatic heterocycles. The van der Waals surface area contributed by atoms with Gasteiger partial charge in [-0.05, 0) is 51.0 Å². The average Bonchev–Trinajstić information content (AvgIpc) is 2.61. The molecule has 0 radical (unpaired) electrons. The molecule has 0 aromatic heterocycles. The minimum absolute atomic E-state index is 0.0185. The number of hydrogen-bond acceptors (Lipinski definition) is 3. The maximum Gasteiger partial charge on any atom is 0.253 e. The molecular formula is C20H29N3O3. The van der Waals surface area contributed by atoms with Crippen molar-refractivity contribution in [3.05, 3.63) is 29.8 Å². The first kappa shape index (κ1) is 19.9. The van der Waals surface area contributed by atoms with E-state index in [0.717, 1.165) is 0 Å². The Hall–Kier alpha value is -2.37. The predicted octanol–water partition coefficient (Wildman–Crippen LogP) is 2.66. The van der Waals surface area contributed by atoms with Crippen molar-refractivity contribution in [2.45, 2.75) is 46.6 Å². The summed E-state index contributed by atoms with van der Waals surface area (Å²) in [5.74, 6) is -0.113. The summed E-state index contributed by atoms with van der Waals surface area (Å²) >= 11 is 0. The lowest BCUT2D eigenvalue weighted by molar-refractivity contribution is -0.126. The van der Waals surface area contributed by atoms with Crippen molar-refractivity contribution in [2.24, 2.45) is 11.8 Å². The van der Waals surface area contributed by atoms with Gasteiger partial charge >= 0.3 is 0 Å². The van der Waals surface area contributed by atoms with Gasteiger partial charge in [-0.15, -0.1) is 0 Å². The third kappa shape index (κ3) is 5.31. The van der Waals surface area contributed by atoms with E-state index in [1.54, 1.807) is 29.2 Å². The number of carbonyl (C=O) groups excluding carboxylic acids is 3. The number of likely N-dealkylation sites (tertiary alicyclic amines) is 1. The first-order valence-electron chi connectivity index (χ1n) is 9.28. The molecule has 0 atom stereocenters. The molecule has 0 aliphatic carbocycles. The largest absolute Gasteiger partial charge is 0.354 e. The van der Waals surface area contributed by atoms with Gasteiger partial charge in [0.25, 0.3) is 5.91 Å². The lowest BCUT2D eigenvalue weighted by Crippen LogP contribution is -2.44. The zero-order valence-electron chi connectivity index (χ0n) is 16.0. The highest BCUT2D eigenvalue weighted by atomic mass is 16.2. The van der Waals surface area contributed by atoms with E-state index in [-0.39, 0.29) is 35.6 Å². The van der Waals surface area contributed by atoms with E-state index in [1.165, 1.54) is 0 Å². The van der Waals surface area contributed by atoms with Gasteiger partial charge in [-0.3, -0.25) is 14.4 Å². The van der Waals surface area contributed by atoms with Crippen LogP contribution >= 0.6 is 0 Å². The topological polar surface area (TPSA) is 78.5 Å². The molecule has 0 bridgehead atoms. The summed E-state index contributed by atoms with van der Waals surface area (Å²) in [5, 5.41) is 5.75. The SMILES string of the molecule is CC(C)NC(=O)C1CCN(C(=O)c2ccc(NC(=O)C(C)C)cc2)CC1. The van der Waals surface area contributed by atoms with Gasteiger partial charge in [-0.1, -0.05) is 13.8 Å². The van der Waals surface area contributed by atoms with E-state index in [4.69, 9.17) is 0 Å². The Balaban J connectivity index is 1.90. The number of nitrogens with one attached hydrogen (secondary N) is 2. The molecule has 1 aliphatic rings. The Kier molecular flexibility index (Phi) is 6.77. The van der Waals surface area contributed by atoms with Crippen LogP contribution in [0.25, 0.3) is 0 Å². The third-order valence-electron chi connectivity index (χ3n) is 4.51. The van der Waals surface area contributed by atoms with Crippen LogP contribution in [0.2, 0.25) is 0 Å². The number of carbonyl (C=O) groups is 3. The van der Waals surface area contributed by atoms with E-state index < -0.39 is 0 Å². The molecule has 0 unspecified atom stereocenters. The molecule has 1 saturated heterocycles. The molecule has 26 heavy (non-hydrogen) atoms. The second kappa shape index (κ2) is 8.83. The Morgan fingerprint density at radius 3 is 2.08 bits per heavy atom. The van der Waals surface area contributed by atoms with Crippen molar-refractivity contribution in [3.8, 4) is 0 Å². The summed E-state index contributed by atoms with van der Waals surface area (Å²) in [5.41, 5.74) is 1.28. The van der Waals surface area contributed by atoms with E-state index in [0.29, 0.717) is 37.2 Å². The molecule has 1 aromatic rings. The molecular weight excluding hydrogens is 330 g/mol. The van der Waals surface area contributed by atoms with Crippen LogP contribution in [0, 0.1) is 11.8 Å². The van der Waals surface area contributed by atoms with E-state index in [1.807, 2.05) is 27.7 Å². The van der Waals surface area contributed by atoms with Crippen molar-refractivity contribution in [3.63, 3.8) is 0 Å². The molecule has 1 fully saturated rings. The number of rotatable bonds is 5. The predicted molar refractivity (Wildman–Crippen MR) is 102 cm³/mol. The van der Waals surface area contributed by atoms with Gasteiger partial charge in [0.2, 0.25) is 11.8 Å². The van der Waals surface area contributed by atoms with Gasteiger partial charge in [-0.25, -0.2) is 0 Å². The number of benzene rings is 1. The monoisotopic (exact) mass is 359 g/mol. The highest BCUT2D eigenvalue weighted by Crippen LogP contribution is 2.20. The minimum atomic E-state index is -0.0921. The van der Waals surface area contributed by atoms with Crippen LogP contribution in [0.3, 0.4) is 0 Å². The first-order valence-corrected chi connectivity index (χ1v) is 9.28. The summed E-state index contributed by atoms with van der Waals surface area (Å²) in [6, 6.07) is 7.09. The summed E-state index contributed by atoms with van der Waals surface area (Å²) in [7, 11) is 0. The fourth-order valence-electron chi connectivity index (χ4n) is 2.91. The van der Waals surface area contributed by atoms with Crippen molar-refractivity contribution in [1.29, 1.82) is 0 Å². The molecule has 0 spiro atoms. The quantitative estimate of drug-likeness (QED) is 0.848. The zero-order chi connectivity index (χ0) is 19.3. The number of nitrogens with zero attached hydrogens (tertiary/aromatic N) is 1. The summed E-state index contributed by atoms with van der Waals surface area (Å²) < 4.78 is 0. The summed E-state index contributed by atoms with van der Waals surface area (Å²) in [6.45, 7) is 8.73. The molecule has 2 rings (SSSR count). The highest BCUT2D eigenvalue weighted by molar-refractivity contribution is 5.96. The minimum Gasteiger partial charge on any atom is -0.354 e. The molecule has 6 heteroatoms. The second-order valence-electron chi connectivity index (χ2n) is 7.45. The fourth-order valence-corrected chi connectivity index (χ4v) is 2.91. The van der Waals surface area contributed by atoms with Crippen molar-refractivity contribution in [2.75, 3.05) is 18.4 Å². The average molecular weight is 359 g/mol. The smallest absolute Gasteiger partial charge is 0.253 e. The number of anilines is 1. The van der Waals surface area contributed by atoms with E-state index in [2.05, 4.69) is 10.6 Å². The number of hydrogen-bond donors (Lipinski definition) is 2. The Bertz CT molecular complexity index is 645. The highest BCUT2D eigenvalue weighted by Gasteiger charge is 2.28. The Morgan fingerprint density at radius 2 is 1.58 bits per heavy atom. The maximum absolute atomic E-state index is 12.6. The van der Waals surface area contributed by atoms with Gasteiger partial charge < -0.3 is 15.5 Å². The van der Waals surface area contributed by atoms with Crippen LogP contribution in [0.5, 0.6) is 0 Å². The van der Waals surface area contributed by atoms with Crippen LogP contribution in [0.1, 0.15) is 50.9 Å². The van der Waals surface area contributed by atoms with Crippen LogP contribution < -0.4 is 10.6 Å². The molecule has 1 aromatic carbocycles. The standard InChI is InChI=1S/C20H29N3O3/c1-13(2)18(24)22-17-7-5-16(6-8-17)20(26)23-11-9-15(10-12-23)19(25)21-14(3)4/h5-8,13-15H,9-12H2,1-4H3,(H,21,25)(H,22,24). The van der Waals surface area contributed by atoms with Gasteiger partial charge in [-0.2, -0.15) is 0 Å². The summed E-state index contributed by atoms with van der Waals surface area (Å²) in [4.78, 5) is 38.2. The van der Waals surface area contributed by atoms with Gasteiger partial charge in [0.05, 0.1) is 0 Å². The molecule has 6 nitrogen and oxygen atoms in total. The van der Waals surface area contributed by atoms with Crippen molar-refractivity contribution >= 4 is 23.4 Å². The van der Waals surface area contributed by atoms with Crippen molar-refractivity contribution < 1.29 is 14.4 Å². The normalized spacial score (nSPS) is 15.2. The molecule has 0 saturated carbocycles. The Morgan fingerprint density at radius 1 is 1.00 bits per heavy atom. The maximum atomic E-state index is 12.6. The molecule has 2 N–H and O–H groups in total. The van der Waals surface area contributed by atoms with Crippen LogP contribution in [0.4, 0.5) is 5.69 Å². The molecule has 142 valence electrons. The summed E-state index contributed by atoms with van der Waals surface area (Å²) in [6.07, 6.45) is 1.37. The van der Waals surface area contributed by atoms with Gasteiger partial charge in [0.1, 0.15) is 0 Å². The first-order chi connectivity index (χ1) is 12.3. The molecule has 1 heterocycles. The fraction of sp³-hybridized carbons (Fsp3) is 0.550. The number of amides is 3. The van der Waals surface area contributed by atoms with Crippen LogP contribution in [-0.2, 0) is 9.59 Å². The van der Waals surface area contributed by atoms with Crippen LogP contribution in [-0.4, -0.2) is 41.8 Å². The van der Waals surface area contributed by atoms with Crippen molar-refractivity contribution in [1.82, 2.24) is 10.2 Å². The third-order valence-corrected chi connectivity index (χ3v) is 4.51. The zero-order valence-corrected chi connectivity index (χ0v) is 16.0. The van der Waals surface area contributed by atoms with E-state index >= 15 is 0 Å². The second-order valence-corrected chi connectivity index (χ2v) is 7.45. The Labute approximate surface area is 155 Å². The number of piperidine rings is 1. The van der Waals surface area contributed by atoms with Crippen LogP contribution in [0.15, 0.2) is 24.3 Å².